The standard InChI is InChI=1S/C17H20N4O/c1-13-10-14-4-2-3-5-16(14)21(13)12-15(11-18)17(22)20-8-6-19-7-9-20/h2-5,12-13,19H,6-10H2,1H3/b15-12-. The Hall–Kier alpha value is -2.32. The molecule has 0 aliphatic carbocycles. The predicted molar refractivity (Wildman–Crippen MR) is 85.2 cm³/mol. The summed E-state index contributed by atoms with van der Waals surface area (Å²) in [6.07, 6.45) is 2.66. The third-order valence-electron chi connectivity index (χ3n) is 4.28. The first kappa shape index (κ1) is 14.6. The number of anilines is 1. The van der Waals surface area contributed by atoms with Crippen LogP contribution in [0.25, 0.3) is 0 Å². The molecule has 1 fully saturated rings. The lowest BCUT2D eigenvalue weighted by Gasteiger charge is -2.28. The monoisotopic (exact) mass is 296 g/mol. The molecule has 1 aromatic rings. The van der Waals surface area contributed by atoms with Gasteiger partial charge >= 0.3 is 0 Å². The van der Waals surface area contributed by atoms with Gasteiger partial charge in [0.2, 0.25) is 0 Å². The number of para-hydroxylation sites is 1. The van der Waals surface area contributed by atoms with Crippen molar-refractivity contribution < 1.29 is 4.79 Å². The fraction of sp³-hybridized carbons (Fsp3) is 0.412. The van der Waals surface area contributed by atoms with Gasteiger partial charge < -0.3 is 15.1 Å². The summed E-state index contributed by atoms with van der Waals surface area (Å²) in [5.74, 6) is -0.166. The third-order valence-corrected chi connectivity index (χ3v) is 4.28. The summed E-state index contributed by atoms with van der Waals surface area (Å²) in [6, 6.07) is 10.5. The lowest BCUT2D eigenvalue weighted by Crippen LogP contribution is -2.47. The topological polar surface area (TPSA) is 59.4 Å². The summed E-state index contributed by atoms with van der Waals surface area (Å²) in [4.78, 5) is 16.3. The number of carbonyl (C=O) groups excluding carboxylic acids is 1. The van der Waals surface area contributed by atoms with Crippen molar-refractivity contribution in [2.24, 2.45) is 0 Å². The molecule has 2 heterocycles. The van der Waals surface area contributed by atoms with E-state index in [1.54, 1.807) is 11.1 Å². The maximum absolute atomic E-state index is 12.5. The Kier molecular flexibility index (Phi) is 4.12. The molecule has 5 nitrogen and oxygen atoms in total. The number of amides is 1. The highest BCUT2D eigenvalue weighted by atomic mass is 16.2. The molecule has 0 saturated carbocycles. The molecular weight excluding hydrogens is 276 g/mol. The maximum atomic E-state index is 12.5. The number of fused-ring (bicyclic) bond motifs is 1. The second-order valence-electron chi connectivity index (χ2n) is 5.79. The van der Waals surface area contributed by atoms with Crippen molar-refractivity contribution in [3.63, 3.8) is 0 Å². The van der Waals surface area contributed by atoms with Crippen molar-refractivity contribution in [3.8, 4) is 6.07 Å². The van der Waals surface area contributed by atoms with E-state index in [0.29, 0.717) is 13.1 Å². The zero-order valence-electron chi connectivity index (χ0n) is 12.7. The Labute approximate surface area is 130 Å². The highest BCUT2D eigenvalue weighted by Crippen LogP contribution is 2.32. The van der Waals surface area contributed by atoms with Crippen LogP contribution in [0.4, 0.5) is 5.69 Å². The molecule has 0 aromatic heterocycles. The summed E-state index contributed by atoms with van der Waals surface area (Å²) < 4.78 is 0. The van der Waals surface area contributed by atoms with Crippen molar-refractivity contribution in [3.05, 3.63) is 41.6 Å². The summed E-state index contributed by atoms with van der Waals surface area (Å²) >= 11 is 0. The van der Waals surface area contributed by atoms with Crippen LogP contribution in [0, 0.1) is 11.3 Å². The van der Waals surface area contributed by atoms with Gasteiger partial charge in [-0.15, -0.1) is 0 Å². The van der Waals surface area contributed by atoms with Crippen molar-refractivity contribution in [2.75, 3.05) is 31.1 Å². The quantitative estimate of drug-likeness (QED) is 0.660. The van der Waals surface area contributed by atoms with E-state index in [4.69, 9.17) is 0 Å². The minimum atomic E-state index is -0.166. The number of piperazine rings is 1. The van der Waals surface area contributed by atoms with Gasteiger partial charge in [0.15, 0.2) is 0 Å². The molecule has 2 aliphatic heterocycles. The maximum Gasteiger partial charge on any atom is 0.266 e. The molecule has 5 heteroatoms. The number of nitrogens with zero attached hydrogens (tertiary/aromatic N) is 3. The Morgan fingerprint density at radius 2 is 2.09 bits per heavy atom. The Morgan fingerprint density at radius 3 is 2.82 bits per heavy atom. The number of rotatable bonds is 2. The van der Waals surface area contributed by atoms with Gasteiger partial charge in [0.1, 0.15) is 11.6 Å². The summed E-state index contributed by atoms with van der Waals surface area (Å²) in [6.45, 7) is 5.00. The lowest BCUT2D eigenvalue weighted by molar-refractivity contribution is -0.127. The van der Waals surface area contributed by atoms with Crippen LogP contribution in [0.2, 0.25) is 0 Å². The van der Waals surface area contributed by atoms with Gasteiger partial charge in [-0.1, -0.05) is 18.2 Å². The molecule has 0 spiro atoms. The van der Waals surface area contributed by atoms with Crippen LogP contribution in [0.5, 0.6) is 0 Å². The van der Waals surface area contributed by atoms with Gasteiger partial charge in [0, 0.05) is 44.1 Å². The molecule has 0 radical (unpaired) electrons. The van der Waals surface area contributed by atoms with E-state index in [9.17, 15) is 10.1 Å². The Bertz CT molecular complexity index is 640. The molecule has 22 heavy (non-hydrogen) atoms. The minimum absolute atomic E-state index is 0.166. The van der Waals surface area contributed by atoms with E-state index in [1.807, 2.05) is 23.1 Å². The Morgan fingerprint density at radius 1 is 1.36 bits per heavy atom. The summed E-state index contributed by atoms with van der Waals surface area (Å²) in [5, 5.41) is 12.6. The number of nitriles is 1. The molecule has 1 unspecified atom stereocenters. The van der Waals surface area contributed by atoms with Crippen LogP contribution >= 0.6 is 0 Å². The van der Waals surface area contributed by atoms with Crippen molar-refractivity contribution >= 4 is 11.6 Å². The fourth-order valence-electron chi connectivity index (χ4n) is 3.10. The average Bonchev–Trinajstić information content (AvgIpc) is 2.88. The number of nitrogens with one attached hydrogen (secondary N) is 1. The highest BCUT2D eigenvalue weighted by molar-refractivity contribution is 5.97. The molecular formula is C17H20N4O. The molecule has 114 valence electrons. The number of benzene rings is 1. The third kappa shape index (κ3) is 2.70. The van der Waals surface area contributed by atoms with Crippen LogP contribution in [-0.2, 0) is 11.2 Å². The van der Waals surface area contributed by atoms with E-state index in [2.05, 4.69) is 24.4 Å². The van der Waals surface area contributed by atoms with Crippen LogP contribution in [0.3, 0.4) is 0 Å². The molecule has 3 rings (SSSR count). The fourth-order valence-corrected chi connectivity index (χ4v) is 3.10. The van der Waals surface area contributed by atoms with Gasteiger partial charge in [0.25, 0.3) is 5.91 Å². The predicted octanol–water partition coefficient (Wildman–Crippen LogP) is 1.28. The Balaban J connectivity index is 1.85. The number of hydrogen-bond acceptors (Lipinski definition) is 4. The number of hydrogen-bond donors (Lipinski definition) is 1. The molecule has 2 aliphatic rings. The average molecular weight is 296 g/mol. The molecule has 1 saturated heterocycles. The van der Waals surface area contributed by atoms with E-state index < -0.39 is 0 Å². The van der Waals surface area contributed by atoms with Gasteiger partial charge in [-0.3, -0.25) is 4.79 Å². The first-order valence-corrected chi connectivity index (χ1v) is 7.69. The van der Waals surface area contributed by atoms with Gasteiger partial charge in [-0.25, -0.2) is 0 Å². The van der Waals surface area contributed by atoms with Crippen LogP contribution in [0.1, 0.15) is 12.5 Å². The first-order chi connectivity index (χ1) is 10.7. The van der Waals surface area contributed by atoms with E-state index in [1.165, 1.54) is 5.56 Å². The van der Waals surface area contributed by atoms with Gasteiger partial charge in [-0.05, 0) is 25.0 Å². The zero-order valence-corrected chi connectivity index (χ0v) is 12.7. The van der Waals surface area contributed by atoms with Gasteiger partial charge in [0.05, 0.1) is 0 Å². The van der Waals surface area contributed by atoms with Crippen LogP contribution in [0.15, 0.2) is 36.0 Å². The largest absolute Gasteiger partial charge is 0.343 e. The normalized spacial score (nSPS) is 21.5. The second kappa shape index (κ2) is 6.20. The smallest absolute Gasteiger partial charge is 0.266 e. The van der Waals surface area contributed by atoms with Crippen LogP contribution < -0.4 is 10.2 Å². The van der Waals surface area contributed by atoms with Gasteiger partial charge in [-0.2, -0.15) is 5.26 Å². The van der Waals surface area contributed by atoms with Crippen molar-refractivity contribution in [1.29, 1.82) is 5.26 Å². The van der Waals surface area contributed by atoms with Crippen molar-refractivity contribution in [1.82, 2.24) is 10.2 Å². The van der Waals surface area contributed by atoms with E-state index in [0.717, 1.165) is 25.2 Å². The molecule has 1 amide bonds. The molecule has 1 atom stereocenters. The van der Waals surface area contributed by atoms with Crippen molar-refractivity contribution in [2.45, 2.75) is 19.4 Å². The second-order valence-corrected chi connectivity index (χ2v) is 5.79. The SMILES string of the molecule is CC1Cc2ccccc2N1/C=C(/C#N)C(=O)N1CCNCC1. The molecule has 0 bridgehead atoms. The van der Waals surface area contributed by atoms with E-state index in [-0.39, 0.29) is 17.5 Å². The number of carbonyl (C=O) groups is 1. The summed E-state index contributed by atoms with van der Waals surface area (Å²) in [5.41, 5.74) is 2.57. The van der Waals surface area contributed by atoms with Crippen LogP contribution in [-0.4, -0.2) is 43.0 Å². The molecule has 1 N–H and O–H groups in total. The minimum Gasteiger partial charge on any atom is -0.343 e. The molecule has 1 aromatic carbocycles. The highest BCUT2D eigenvalue weighted by Gasteiger charge is 2.27. The van der Waals surface area contributed by atoms with E-state index >= 15 is 0 Å². The zero-order chi connectivity index (χ0) is 15.5. The summed E-state index contributed by atoms with van der Waals surface area (Å²) in [7, 11) is 0. The lowest BCUT2D eigenvalue weighted by atomic mass is 10.1. The first-order valence-electron chi connectivity index (χ1n) is 7.69.